The summed E-state index contributed by atoms with van der Waals surface area (Å²) in [6.07, 6.45) is -0.849. The standard InChI is InChI=1S/C14H18FNO5/c1-14(2,3)21-13(19)16-11(12(17)18)8-20-10-6-4-9(15)5-7-10/h4-7,11H,8H2,1-3H3,(H,16,19)(H,17,18). The Hall–Kier alpha value is -2.31. The minimum absolute atomic E-state index is 0.300. The van der Waals surface area contributed by atoms with Gasteiger partial charge in [0.1, 0.15) is 23.8 Å². The molecule has 0 heterocycles. The molecule has 0 radical (unpaired) electrons. The number of hydrogen-bond donors (Lipinski definition) is 2. The molecule has 7 heteroatoms. The zero-order valence-electron chi connectivity index (χ0n) is 12.1. The molecule has 21 heavy (non-hydrogen) atoms. The average Bonchev–Trinajstić information content (AvgIpc) is 2.33. The van der Waals surface area contributed by atoms with E-state index in [1.54, 1.807) is 20.8 Å². The Morgan fingerprint density at radius 3 is 2.33 bits per heavy atom. The number of aliphatic carboxylic acids is 1. The lowest BCUT2D eigenvalue weighted by Gasteiger charge is -2.22. The molecule has 0 aromatic heterocycles. The Balaban J connectivity index is 2.56. The molecule has 1 amide bonds. The summed E-state index contributed by atoms with van der Waals surface area (Å²) in [5, 5.41) is 11.2. The van der Waals surface area contributed by atoms with Gasteiger partial charge >= 0.3 is 12.1 Å². The molecule has 0 saturated carbocycles. The van der Waals surface area contributed by atoms with Crippen molar-refractivity contribution in [2.45, 2.75) is 32.4 Å². The lowest BCUT2D eigenvalue weighted by molar-refractivity contribution is -0.140. The zero-order chi connectivity index (χ0) is 16.0. The van der Waals surface area contributed by atoms with Crippen molar-refractivity contribution in [2.75, 3.05) is 6.61 Å². The molecule has 1 rings (SSSR count). The molecule has 0 aliphatic carbocycles. The van der Waals surface area contributed by atoms with Gasteiger partial charge in [0.15, 0.2) is 6.04 Å². The zero-order valence-corrected chi connectivity index (χ0v) is 12.1. The van der Waals surface area contributed by atoms with Crippen LogP contribution < -0.4 is 10.1 Å². The van der Waals surface area contributed by atoms with E-state index in [4.69, 9.17) is 14.6 Å². The van der Waals surface area contributed by atoms with E-state index in [0.29, 0.717) is 5.75 Å². The molecule has 116 valence electrons. The Morgan fingerprint density at radius 2 is 1.86 bits per heavy atom. The van der Waals surface area contributed by atoms with E-state index in [1.807, 2.05) is 0 Å². The minimum atomic E-state index is -1.27. The molecular weight excluding hydrogens is 281 g/mol. The van der Waals surface area contributed by atoms with Crippen LogP contribution in [0.1, 0.15) is 20.8 Å². The molecule has 1 aromatic carbocycles. The third-order valence-electron chi connectivity index (χ3n) is 2.22. The minimum Gasteiger partial charge on any atom is -0.491 e. The van der Waals surface area contributed by atoms with Crippen LogP contribution in [-0.4, -0.2) is 35.4 Å². The Bertz CT molecular complexity index is 495. The summed E-state index contributed by atoms with van der Waals surface area (Å²) in [5.41, 5.74) is -0.731. The number of nitrogens with one attached hydrogen (secondary N) is 1. The summed E-state index contributed by atoms with van der Waals surface area (Å²) in [4.78, 5) is 22.6. The number of carboxylic acid groups (broad SMARTS) is 1. The van der Waals surface area contributed by atoms with Crippen LogP contribution in [0.25, 0.3) is 0 Å². The van der Waals surface area contributed by atoms with E-state index in [9.17, 15) is 14.0 Å². The second kappa shape index (κ2) is 6.92. The summed E-state index contributed by atoms with van der Waals surface area (Å²) < 4.78 is 22.9. The molecule has 0 bridgehead atoms. The monoisotopic (exact) mass is 299 g/mol. The Morgan fingerprint density at radius 1 is 1.29 bits per heavy atom. The number of carboxylic acids is 1. The van der Waals surface area contributed by atoms with Gasteiger partial charge in [-0.1, -0.05) is 0 Å². The molecule has 0 fully saturated rings. The van der Waals surface area contributed by atoms with Gasteiger partial charge in [0.2, 0.25) is 0 Å². The predicted octanol–water partition coefficient (Wildman–Crippen LogP) is 2.18. The maximum Gasteiger partial charge on any atom is 0.408 e. The third kappa shape index (κ3) is 6.60. The number of carbonyl (C=O) groups is 2. The van der Waals surface area contributed by atoms with Crippen LogP contribution in [0, 0.1) is 5.82 Å². The van der Waals surface area contributed by atoms with Gasteiger partial charge in [-0.2, -0.15) is 0 Å². The van der Waals surface area contributed by atoms with Crippen molar-refractivity contribution in [3.05, 3.63) is 30.1 Å². The van der Waals surface area contributed by atoms with Gasteiger partial charge in [0.05, 0.1) is 0 Å². The molecule has 6 nitrogen and oxygen atoms in total. The Kier molecular flexibility index (Phi) is 5.52. The van der Waals surface area contributed by atoms with Crippen molar-refractivity contribution in [3.63, 3.8) is 0 Å². The van der Waals surface area contributed by atoms with Gasteiger partial charge < -0.3 is 19.9 Å². The first kappa shape index (κ1) is 16.7. The fraction of sp³-hybridized carbons (Fsp3) is 0.429. The Labute approximate surface area is 121 Å². The van der Waals surface area contributed by atoms with Crippen LogP contribution >= 0.6 is 0 Å². The summed E-state index contributed by atoms with van der Waals surface area (Å²) in [6.45, 7) is 4.69. The van der Waals surface area contributed by atoms with Gasteiger partial charge in [-0.05, 0) is 45.0 Å². The lowest BCUT2D eigenvalue weighted by atomic mass is 10.2. The largest absolute Gasteiger partial charge is 0.491 e. The third-order valence-corrected chi connectivity index (χ3v) is 2.22. The maximum absolute atomic E-state index is 12.7. The van der Waals surface area contributed by atoms with Crippen molar-refractivity contribution in [2.24, 2.45) is 0 Å². The predicted molar refractivity (Wildman–Crippen MR) is 72.7 cm³/mol. The normalized spacial score (nSPS) is 12.4. The van der Waals surface area contributed by atoms with Crippen molar-refractivity contribution in [1.82, 2.24) is 5.32 Å². The first-order valence-electron chi connectivity index (χ1n) is 6.28. The summed E-state index contributed by atoms with van der Waals surface area (Å²) in [7, 11) is 0. The van der Waals surface area contributed by atoms with Crippen molar-refractivity contribution in [3.8, 4) is 5.75 Å². The van der Waals surface area contributed by atoms with E-state index >= 15 is 0 Å². The first-order valence-corrected chi connectivity index (χ1v) is 6.28. The van der Waals surface area contributed by atoms with E-state index in [1.165, 1.54) is 24.3 Å². The van der Waals surface area contributed by atoms with Gasteiger partial charge in [-0.25, -0.2) is 14.0 Å². The number of rotatable bonds is 5. The number of ether oxygens (including phenoxy) is 2. The molecule has 1 atom stereocenters. The number of hydrogen-bond acceptors (Lipinski definition) is 4. The number of benzene rings is 1. The topological polar surface area (TPSA) is 84.9 Å². The van der Waals surface area contributed by atoms with Crippen LogP contribution in [-0.2, 0) is 9.53 Å². The van der Waals surface area contributed by atoms with Crippen LogP contribution in [0.2, 0.25) is 0 Å². The SMILES string of the molecule is CC(C)(C)OC(=O)NC(COc1ccc(F)cc1)C(=O)O. The van der Waals surface area contributed by atoms with Crippen molar-refractivity contribution >= 4 is 12.1 Å². The van der Waals surface area contributed by atoms with E-state index < -0.39 is 29.5 Å². The van der Waals surface area contributed by atoms with E-state index in [-0.39, 0.29) is 6.61 Å². The van der Waals surface area contributed by atoms with Gasteiger partial charge in [0.25, 0.3) is 0 Å². The number of halogens is 1. The summed E-state index contributed by atoms with van der Waals surface area (Å²) >= 11 is 0. The van der Waals surface area contributed by atoms with Crippen LogP contribution in [0.15, 0.2) is 24.3 Å². The summed E-state index contributed by atoms with van der Waals surface area (Å²) in [5.74, 6) is -1.39. The fourth-order valence-electron chi connectivity index (χ4n) is 1.33. The molecule has 1 aromatic rings. The quantitative estimate of drug-likeness (QED) is 0.870. The van der Waals surface area contributed by atoms with Crippen LogP contribution in [0.4, 0.5) is 9.18 Å². The van der Waals surface area contributed by atoms with Gasteiger partial charge in [-0.15, -0.1) is 0 Å². The molecule has 1 unspecified atom stereocenters. The summed E-state index contributed by atoms with van der Waals surface area (Å²) in [6, 6.07) is 3.83. The lowest BCUT2D eigenvalue weighted by Crippen LogP contribution is -2.46. The highest BCUT2D eigenvalue weighted by Gasteiger charge is 2.24. The van der Waals surface area contributed by atoms with Crippen LogP contribution in [0.3, 0.4) is 0 Å². The second-order valence-electron chi connectivity index (χ2n) is 5.30. The van der Waals surface area contributed by atoms with Gasteiger partial charge in [0, 0.05) is 0 Å². The van der Waals surface area contributed by atoms with E-state index in [0.717, 1.165) is 0 Å². The fourth-order valence-corrected chi connectivity index (χ4v) is 1.33. The van der Waals surface area contributed by atoms with Crippen molar-refractivity contribution in [1.29, 1.82) is 0 Å². The van der Waals surface area contributed by atoms with Crippen molar-refractivity contribution < 1.29 is 28.6 Å². The highest BCUT2D eigenvalue weighted by molar-refractivity contribution is 5.80. The number of carbonyl (C=O) groups excluding carboxylic acids is 1. The van der Waals surface area contributed by atoms with Gasteiger partial charge in [-0.3, -0.25) is 0 Å². The molecular formula is C14H18FNO5. The average molecular weight is 299 g/mol. The van der Waals surface area contributed by atoms with E-state index in [2.05, 4.69) is 5.32 Å². The highest BCUT2D eigenvalue weighted by Crippen LogP contribution is 2.11. The molecule has 0 aliphatic rings. The number of alkyl carbamates (subject to hydrolysis) is 1. The van der Waals surface area contributed by atoms with Crippen LogP contribution in [0.5, 0.6) is 5.75 Å². The molecule has 0 spiro atoms. The molecule has 0 aliphatic heterocycles. The second-order valence-corrected chi connectivity index (χ2v) is 5.30. The smallest absolute Gasteiger partial charge is 0.408 e. The maximum atomic E-state index is 12.7. The molecule has 2 N–H and O–H groups in total. The first-order chi connectivity index (χ1) is 9.67. The number of amides is 1. The highest BCUT2D eigenvalue weighted by atomic mass is 19.1. The molecule has 0 saturated heterocycles.